The summed E-state index contributed by atoms with van der Waals surface area (Å²) in [6.07, 6.45) is 2.47. The van der Waals surface area contributed by atoms with Gasteiger partial charge in [0.25, 0.3) is 11.4 Å². The molecule has 0 unspecified atom stereocenters. The number of H-pyrrole nitrogens is 1. The Bertz CT molecular complexity index is 1500. The maximum atomic E-state index is 14.2. The summed E-state index contributed by atoms with van der Waals surface area (Å²) in [5.41, 5.74) is 0.741. The van der Waals surface area contributed by atoms with E-state index in [0.29, 0.717) is 47.9 Å². The SMILES string of the molecule is CC(C)(C)OC(=O)N1CCC(c2cc(=O)[nH]c3c(-c4noc(-c5cc(Cl)ccc5F)n4)cnn23)CC1. The number of ether oxygens (including phenoxy) is 1. The van der Waals surface area contributed by atoms with Gasteiger partial charge in [-0.05, 0) is 51.8 Å². The molecule has 0 radical (unpaired) electrons. The number of piperidine rings is 1. The number of carbonyl (C=O) groups excluding carboxylic acids is 1. The van der Waals surface area contributed by atoms with Gasteiger partial charge in [0.2, 0.25) is 5.82 Å². The fourth-order valence-electron chi connectivity index (χ4n) is 4.26. The van der Waals surface area contributed by atoms with E-state index in [0.717, 1.165) is 0 Å². The molecule has 1 fully saturated rings. The first-order chi connectivity index (χ1) is 17.1. The Hall–Kier alpha value is -3.73. The number of aromatic nitrogens is 5. The van der Waals surface area contributed by atoms with Crippen molar-refractivity contribution >= 4 is 23.3 Å². The lowest BCUT2D eigenvalue weighted by molar-refractivity contribution is 0.0203. The van der Waals surface area contributed by atoms with Gasteiger partial charge in [0.15, 0.2) is 0 Å². The largest absolute Gasteiger partial charge is 0.444 e. The molecule has 10 nitrogen and oxygen atoms in total. The molecule has 1 aliphatic heterocycles. The first-order valence-electron chi connectivity index (χ1n) is 11.5. The van der Waals surface area contributed by atoms with Crippen molar-refractivity contribution in [3.63, 3.8) is 0 Å². The maximum Gasteiger partial charge on any atom is 0.410 e. The van der Waals surface area contributed by atoms with Crippen LogP contribution in [0.3, 0.4) is 0 Å². The van der Waals surface area contributed by atoms with Gasteiger partial charge in [-0.15, -0.1) is 0 Å². The predicted molar refractivity (Wildman–Crippen MR) is 129 cm³/mol. The van der Waals surface area contributed by atoms with Gasteiger partial charge >= 0.3 is 6.09 Å². The van der Waals surface area contributed by atoms with E-state index < -0.39 is 11.4 Å². The molecule has 1 N–H and O–H groups in total. The van der Waals surface area contributed by atoms with Crippen molar-refractivity contribution in [2.75, 3.05) is 13.1 Å². The van der Waals surface area contributed by atoms with Gasteiger partial charge in [-0.25, -0.2) is 13.7 Å². The number of rotatable bonds is 3. The Labute approximate surface area is 210 Å². The fraction of sp³-hybridized carbons (Fsp3) is 0.375. The smallest absolute Gasteiger partial charge is 0.410 e. The monoisotopic (exact) mass is 514 g/mol. The van der Waals surface area contributed by atoms with Crippen molar-refractivity contribution in [2.24, 2.45) is 0 Å². The van der Waals surface area contributed by atoms with Crippen LogP contribution in [0.4, 0.5) is 9.18 Å². The molecule has 4 aromatic rings. The molecule has 5 rings (SSSR count). The summed E-state index contributed by atoms with van der Waals surface area (Å²) in [4.78, 5) is 33.7. The summed E-state index contributed by atoms with van der Waals surface area (Å²) < 4.78 is 26.6. The molecule has 0 bridgehead atoms. The Morgan fingerprint density at radius 3 is 2.69 bits per heavy atom. The first kappa shape index (κ1) is 24.0. The van der Waals surface area contributed by atoms with Gasteiger partial charge < -0.3 is 19.1 Å². The molecule has 0 saturated carbocycles. The molecule has 188 valence electrons. The molecule has 0 atom stereocenters. The van der Waals surface area contributed by atoms with E-state index in [1.54, 1.807) is 9.42 Å². The van der Waals surface area contributed by atoms with Crippen molar-refractivity contribution in [1.29, 1.82) is 0 Å². The molecule has 0 aliphatic carbocycles. The van der Waals surface area contributed by atoms with Crippen molar-refractivity contribution in [3.8, 4) is 22.8 Å². The van der Waals surface area contributed by atoms with Gasteiger partial charge in [-0.3, -0.25) is 4.79 Å². The van der Waals surface area contributed by atoms with Crippen LogP contribution in [0.2, 0.25) is 5.02 Å². The number of aromatic amines is 1. The van der Waals surface area contributed by atoms with Crippen molar-refractivity contribution in [1.82, 2.24) is 29.6 Å². The Morgan fingerprint density at radius 1 is 1.22 bits per heavy atom. The van der Waals surface area contributed by atoms with Crippen molar-refractivity contribution in [3.05, 3.63) is 57.3 Å². The summed E-state index contributed by atoms with van der Waals surface area (Å²) in [5, 5.41) is 8.74. The third-order valence-corrected chi connectivity index (χ3v) is 6.16. The third-order valence-electron chi connectivity index (χ3n) is 5.93. The number of carbonyl (C=O) groups is 1. The van der Waals surface area contributed by atoms with Gasteiger partial charge in [0.1, 0.15) is 17.1 Å². The lowest BCUT2D eigenvalue weighted by Crippen LogP contribution is -2.41. The number of fused-ring (bicyclic) bond motifs is 1. The van der Waals surface area contributed by atoms with Crippen molar-refractivity contribution in [2.45, 2.75) is 45.1 Å². The summed E-state index contributed by atoms with van der Waals surface area (Å²) in [6, 6.07) is 5.55. The summed E-state index contributed by atoms with van der Waals surface area (Å²) in [6.45, 7) is 6.50. The van der Waals surface area contributed by atoms with E-state index in [1.165, 1.54) is 30.5 Å². The highest BCUT2D eigenvalue weighted by Crippen LogP contribution is 2.31. The lowest BCUT2D eigenvalue weighted by atomic mass is 9.93. The minimum Gasteiger partial charge on any atom is -0.444 e. The molecule has 0 spiro atoms. The molecule has 4 heterocycles. The number of hydrogen-bond acceptors (Lipinski definition) is 7. The number of amides is 1. The third kappa shape index (κ3) is 4.70. The number of halogens is 2. The highest BCUT2D eigenvalue weighted by atomic mass is 35.5. The van der Waals surface area contributed by atoms with Gasteiger partial charge in [0.05, 0.1) is 23.0 Å². The van der Waals surface area contributed by atoms with E-state index in [2.05, 4.69) is 20.2 Å². The average Bonchev–Trinajstić information content (AvgIpc) is 3.46. The highest BCUT2D eigenvalue weighted by molar-refractivity contribution is 6.30. The van der Waals surface area contributed by atoms with E-state index in [-0.39, 0.29) is 34.8 Å². The lowest BCUT2D eigenvalue weighted by Gasteiger charge is -2.33. The standard InChI is InChI=1S/C24H24ClFN6O4/c1-24(2,3)35-23(34)31-8-6-13(7-9-31)18-11-19(33)28-21-16(12-27-32(18)21)20-29-22(36-30-20)15-10-14(25)4-5-17(15)26/h4-5,10-13H,6-9H2,1-3H3,(H,28,33). The van der Waals surface area contributed by atoms with Crippen LogP contribution in [0.1, 0.15) is 45.2 Å². The van der Waals surface area contributed by atoms with Crippen LogP contribution in [0, 0.1) is 5.82 Å². The molecular weight excluding hydrogens is 491 g/mol. The molecule has 1 aliphatic rings. The zero-order chi connectivity index (χ0) is 25.6. The Kier molecular flexibility index (Phi) is 6.03. The highest BCUT2D eigenvalue weighted by Gasteiger charge is 2.29. The average molecular weight is 515 g/mol. The Balaban J connectivity index is 1.42. The van der Waals surface area contributed by atoms with Gasteiger partial charge in [-0.2, -0.15) is 10.1 Å². The minimum absolute atomic E-state index is 0.00243. The Morgan fingerprint density at radius 2 is 1.97 bits per heavy atom. The quantitative estimate of drug-likeness (QED) is 0.422. The molecule has 12 heteroatoms. The summed E-state index contributed by atoms with van der Waals surface area (Å²) in [5.74, 6) is -0.449. The van der Waals surface area contributed by atoms with Crippen LogP contribution in [0.5, 0.6) is 0 Å². The topological polar surface area (TPSA) is 119 Å². The molecule has 1 aromatic carbocycles. The second-order valence-corrected chi connectivity index (χ2v) is 10.1. The number of likely N-dealkylation sites (tertiary alicyclic amines) is 1. The summed E-state index contributed by atoms with van der Waals surface area (Å²) >= 11 is 5.98. The van der Waals surface area contributed by atoms with E-state index in [4.69, 9.17) is 20.9 Å². The molecule has 1 amide bonds. The van der Waals surface area contributed by atoms with Crippen molar-refractivity contribution < 1.29 is 18.4 Å². The number of nitrogens with one attached hydrogen (secondary N) is 1. The number of benzene rings is 1. The fourth-order valence-corrected chi connectivity index (χ4v) is 4.43. The zero-order valence-electron chi connectivity index (χ0n) is 19.9. The molecule has 36 heavy (non-hydrogen) atoms. The maximum absolute atomic E-state index is 14.2. The second kappa shape index (κ2) is 9.05. The molecule has 1 saturated heterocycles. The van der Waals surface area contributed by atoms with Crippen LogP contribution < -0.4 is 5.56 Å². The molecule has 3 aromatic heterocycles. The predicted octanol–water partition coefficient (Wildman–Crippen LogP) is 4.65. The van der Waals surface area contributed by atoms with Crippen LogP contribution in [-0.2, 0) is 4.74 Å². The van der Waals surface area contributed by atoms with Crippen LogP contribution in [0.25, 0.3) is 28.5 Å². The zero-order valence-corrected chi connectivity index (χ0v) is 20.7. The molecular formula is C24H24ClFN6O4. The van der Waals surface area contributed by atoms with E-state index in [9.17, 15) is 14.0 Å². The number of hydrogen-bond donors (Lipinski definition) is 1. The number of nitrogens with zero attached hydrogens (tertiary/aromatic N) is 5. The summed E-state index contributed by atoms with van der Waals surface area (Å²) in [7, 11) is 0. The van der Waals surface area contributed by atoms with Crippen LogP contribution in [0.15, 0.2) is 39.8 Å². The van der Waals surface area contributed by atoms with Gasteiger partial charge in [0, 0.05) is 30.1 Å². The normalized spacial score (nSPS) is 15.0. The second-order valence-electron chi connectivity index (χ2n) is 9.67. The van der Waals surface area contributed by atoms with Gasteiger partial charge in [-0.1, -0.05) is 16.8 Å². The van der Waals surface area contributed by atoms with E-state index in [1.807, 2.05) is 20.8 Å². The van der Waals surface area contributed by atoms with Crippen LogP contribution in [-0.4, -0.2) is 54.4 Å². The van der Waals surface area contributed by atoms with Crippen LogP contribution >= 0.6 is 11.6 Å². The van der Waals surface area contributed by atoms with E-state index >= 15 is 0 Å². The minimum atomic E-state index is -0.564. The first-order valence-corrected chi connectivity index (χ1v) is 11.9.